The molecule has 4 rings (SSSR count). The molecule has 0 aromatic heterocycles. The van der Waals surface area contributed by atoms with Crippen molar-refractivity contribution in [3.05, 3.63) is 109 Å². The topological polar surface area (TPSA) is 105 Å². The van der Waals surface area contributed by atoms with Crippen molar-refractivity contribution in [3.63, 3.8) is 0 Å². The fraction of sp³-hybridized carbons (Fsp3) is 0.111. The summed E-state index contributed by atoms with van der Waals surface area (Å²) in [5.74, 6) is -1.88. The zero-order valence-corrected chi connectivity index (χ0v) is 24.9. The van der Waals surface area contributed by atoms with Crippen LogP contribution >= 0.6 is 0 Å². The molecular weight excluding hydrogens is 560 g/mol. The molecule has 0 atom stereocenters. The molecule has 0 aliphatic rings. The summed E-state index contributed by atoms with van der Waals surface area (Å²) in [4.78, 5) is 49.9. The number of fused-ring (bicyclic) bond motifs is 3. The van der Waals surface area contributed by atoms with Crippen LogP contribution in [0.4, 0.5) is 0 Å². The molecule has 0 unspecified atom stereocenters. The van der Waals surface area contributed by atoms with Crippen LogP contribution in [0, 0.1) is 0 Å². The molecule has 4 aromatic rings. The Labute approximate surface area is 254 Å². The molecule has 8 heteroatoms. The average Bonchev–Trinajstić information content (AvgIpc) is 2.97. The molecule has 0 heterocycles. The Bertz CT molecular complexity index is 1930. The van der Waals surface area contributed by atoms with Crippen molar-refractivity contribution in [1.82, 2.24) is 0 Å². The largest absolute Gasteiger partial charge is 0.423 e. The molecule has 0 N–H and O–H groups in total. The van der Waals surface area contributed by atoms with E-state index < -0.39 is 23.9 Å². The maximum atomic E-state index is 12.7. The second kappa shape index (κ2) is 12.6. The van der Waals surface area contributed by atoms with Crippen molar-refractivity contribution in [2.75, 3.05) is 0 Å². The van der Waals surface area contributed by atoms with E-state index in [1.807, 2.05) is 0 Å². The third kappa shape index (κ3) is 6.50. The Morgan fingerprint density at radius 3 is 1.55 bits per heavy atom. The SMILES string of the molecule is C=C(C)C(=O)Oc1ccc(-c2ccc(OC(=O)C(=C)C)c3cc(OC(=O)C(=C)C)c4c(OC(=O)C(=C)C)cccc4c23)cc1. The van der Waals surface area contributed by atoms with Gasteiger partial charge in [-0.2, -0.15) is 0 Å². The minimum Gasteiger partial charge on any atom is -0.423 e. The van der Waals surface area contributed by atoms with Gasteiger partial charge in [0.1, 0.15) is 23.0 Å². The van der Waals surface area contributed by atoms with Crippen LogP contribution in [0.5, 0.6) is 23.0 Å². The number of carbonyl (C=O) groups excluding carboxylic acids is 4. The minimum absolute atomic E-state index is 0.0532. The molecule has 0 aliphatic heterocycles. The molecule has 222 valence electrons. The molecule has 0 bridgehead atoms. The highest BCUT2D eigenvalue weighted by molar-refractivity contribution is 6.20. The Morgan fingerprint density at radius 2 is 1.00 bits per heavy atom. The summed E-state index contributed by atoms with van der Waals surface area (Å²) in [5.41, 5.74) is 2.18. The highest BCUT2D eigenvalue weighted by Crippen LogP contribution is 2.46. The average molecular weight is 591 g/mol. The second-order valence-electron chi connectivity index (χ2n) is 10.3. The van der Waals surface area contributed by atoms with Gasteiger partial charge in [0.05, 0.1) is 5.39 Å². The van der Waals surface area contributed by atoms with Gasteiger partial charge in [-0.05, 0) is 74.5 Å². The van der Waals surface area contributed by atoms with E-state index in [2.05, 4.69) is 26.3 Å². The number of benzene rings is 4. The van der Waals surface area contributed by atoms with Crippen LogP contribution < -0.4 is 18.9 Å². The van der Waals surface area contributed by atoms with Gasteiger partial charge in [-0.3, -0.25) is 0 Å². The minimum atomic E-state index is -0.705. The van der Waals surface area contributed by atoms with E-state index in [1.165, 1.54) is 20.8 Å². The number of esters is 4. The van der Waals surface area contributed by atoms with Gasteiger partial charge in [-0.15, -0.1) is 0 Å². The maximum Gasteiger partial charge on any atom is 0.338 e. The Balaban J connectivity index is 2.07. The Hall–Kier alpha value is -5.76. The van der Waals surface area contributed by atoms with Crippen LogP contribution in [0.25, 0.3) is 32.7 Å². The normalized spacial score (nSPS) is 10.5. The van der Waals surface area contributed by atoms with E-state index in [-0.39, 0.29) is 39.5 Å². The lowest BCUT2D eigenvalue weighted by molar-refractivity contribution is -0.131. The quantitative estimate of drug-likeness (QED) is 0.0850. The highest BCUT2D eigenvalue weighted by atomic mass is 16.6. The van der Waals surface area contributed by atoms with E-state index in [4.69, 9.17) is 18.9 Å². The number of hydrogen-bond acceptors (Lipinski definition) is 8. The van der Waals surface area contributed by atoms with Crippen molar-refractivity contribution in [2.45, 2.75) is 27.7 Å². The fourth-order valence-corrected chi connectivity index (χ4v) is 4.18. The lowest BCUT2D eigenvalue weighted by Crippen LogP contribution is -2.11. The van der Waals surface area contributed by atoms with Gasteiger partial charge in [0.2, 0.25) is 0 Å². The van der Waals surface area contributed by atoms with Crippen LogP contribution in [-0.2, 0) is 19.2 Å². The molecule has 0 saturated heterocycles. The third-order valence-electron chi connectivity index (χ3n) is 6.40. The standard InChI is InChI=1S/C36H30O8/c1-19(2)33(37)41-24-14-12-23(13-15-24)25-16-17-28(42-34(38)20(3)4)27-18-30(44-36(40)22(7)8)32-26(31(25)27)10-9-11-29(32)43-35(39)21(5)6/h9-18H,1,3,5,7H2,2,4,6,8H3. The van der Waals surface area contributed by atoms with Crippen LogP contribution in [0.3, 0.4) is 0 Å². The van der Waals surface area contributed by atoms with Gasteiger partial charge < -0.3 is 18.9 Å². The second-order valence-corrected chi connectivity index (χ2v) is 10.3. The lowest BCUT2D eigenvalue weighted by atomic mass is 9.92. The number of rotatable bonds is 9. The van der Waals surface area contributed by atoms with Gasteiger partial charge in [0.25, 0.3) is 0 Å². The highest BCUT2D eigenvalue weighted by Gasteiger charge is 2.23. The summed E-state index contributed by atoms with van der Waals surface area (Å²) in [5, 5.41) is 1.87. The molecule has 0 radical (unpaired) electrons. The summed E-state index contributed by atoms with van der Waals surface area (Å²) in [7, 11) is 0. The predicted octanol–water partition coefficient (Wildman–Crippen LogP) is 7.59. The number of carbonyl (C=O) groups is 4. The first-order chi connectivity index (χ1) is 20.8. The maximum absolute atomic E-state index is 12.7. The van der Waals surface area contributed by atoms with Gasteiger partial charge in [-0.1, -0.05) is 56.6 Å². The van der Waals surface area contributed by atoms with E-state index in [9.17, 15) is 19.2 Å². The smallest absolute Gasteiger partial charge is 0.338 e. The van der Waals surface area contributed by atoms with Crippen molar-refractivity contribution in [1.29, 1.82) is 0 Å². The van der Waals surface area contributed by atoms with Gasteiger partial charge in [0, 0.05) is 33.1 Å². The van der Waals surface area contributed by atoms with Crippen molar-refractivity contribution in [2.24, 2.45) is 0 Å². The summed E-state index contributed by atoms with van der Waals surface area (Å²) in [6.45, 7) is 20.7. The van der Waals surface area contributed by atoms with Crippen LogP contribution in [0.1, 0.15) is 27.7 Å². The monoisotopic (exact) mass is 590 g/mol. The van der Waals surface area contributed by atoms with Crippen molar-refractivity contribution < 1.29 is 38.1 Å². The van der Waals surface area contributed by atoms with E-state index in [0.29, 0.717) is 32.9 Å². The summed E-state index contributed by atoms with van der Waals surface area (Å²) in [6.07, 6.45) is 0. The van der Waals surface area contributed by atoms with E-state index in [1.54, 1.807) is 67.6 Å². The molecule has 0 saturated carbocycles. The summed E-state index contributed by atoms with van der Waals surface area (Å²) < 4.78 is 22.4. The number of ether oxygens (including phenoxy) is 4. The van der Waals surface area contributed by atoms with Gasteiger partial charge >= 0.3 is 23.9 Å². The zero-order valence-electron chi connectivity index (χ0n) is 24.9. The van der Waals surface area contributed by atoms with E-state index in [0.717, 1.165) is 5.56 Å². The summed E-state index contributed by atoms with van der Waals surface area (Å²) >= 11 is 0. The zero-order chi connectivity index (χ0) is 32.3. The van der Waals surface area contributed by atoms with Crippen molar-refractivity contribution in [3.8, 4) is 34.1 Å². The molecule has 0 aliphatic carbocycles. The van der Waals surface area contributed by atoms with Crippen molar-refractivity contribution >= 4 is 45.4 Å². The van der Waals surface area contributed by atoms with Gasteiger partial charge in [0.15, 0.2) is 0 Å². The summed E-state index contributed by atoms with van der Waals surface area (Å²) in [6, 6.07) is 16.8. The molecule has 4 aromatic carbocycles. The lowest BCUT2D eigenvalue weighted by Gasteiger charge is -2.18. The Morgan fingerprint density at radius 1 is 0.500 bits per heavy atom. The predicted molar refractivity (Wildman–Crippen MR) is 169 cm³/mol. The third-order valence-corrected chi connectivity index (χ3v) is 6.40. The number of hydrogen-bond donors (Lipinski definition) is 0. The first kappa shape index (κ1) is 31.2. The van der Waals surface area contributed by atoms with E-state index >= 15 is 0 Å². The first-order valence-corrected chi connectivity index (χ1v) is 13.4. The fourth-order valence-electron chi connectivity index (χ4n) is 4.18. The van der Waals surface area contributed by atoms with Crippen LogP contribution in [-0.4, -0.2) is 23.9 Å². The molecule has 8 nitrogen and oxygen atoms in total. The van der Waals surface area contributed by atoms with Crippen LogP contribution in [0.15, 0.2) is 109 Å². The first-order valence-electron chi connectivity index (χ1n) is 13.4. The molecule has 0 spiro atoms. The molecule has 0 amide bonds. The molecule has 44 heavy (non-hydrogen) atoms. The van der Waals surface area contributed by atoms with Crippen LogP contribution in [0.2, 0.25) is 0 Å². The molecule has 0 fully saturated rings. The Kier molecular flexibility index (Phi) is 8.95. The molecular formula is C36H30O8. The van der Waals surface area contributed by atoms with Gasteiger partial charge in [-0.25, -0.2) is 19.2 Å².